The second kappa shape index (κ2) is 8.01. The van der Waals surface area contributed by atoms with Crippen LogP contribution in [0.3, 0.4) is 0 Å². The highest BCUT2D eigenvalue weighted by Gasteiger charge is 2.14. The number of hydrogen-bond donors (Lipinski definition) is 1. The number of halogens is 1. The number of hydrogen-bond acceptors (Lipinski definition) is 3. The number of carbonyl (C=O) groups excluding carboxylic acids is 1. The maximum Gasteiger partial charge on any atom is 0.258 e. The molecule has 0 radical (unpaired) electrons. The Balaban J connectivity index is 1.97. The van der Waals surface area contributed by atoms with Gasteiger partial charge in [-0.25, -0.2) is 4.39 Å². The quantitative estimate of drug-likeness (QED) is 0.860. The summed E-state index contributed by atoms with van der Waals surface area (Å²) in [7, 11) is 1.41. The SMILES string of the molecule is COc1ccc([C@@H](C)NC(=O)COc2c(C)cc(C)cc2C)cc1F. The summed E-state index contributed by atoms with van der Waals surface area (Å²) in [6, 6.07) is 8.33. The fourth-order valence-electron chi connectivity index (χ4n) is 2.85. The molecule has 0 bridgehead atoms. The van der Waals surface area contributed by atoms with Crippen molar-refractivity contribution in [1.82, 2.24) is 5.32 Å². The molecule has 2 aromatic rings. The number of aryl methyl sites for hydroxylation is 3. The number of methoxy groups -OCH3 is 1. The van der Waals surface area contributed by atoms with Crippen molar-refractivity contribution in [3.63, 3.8) is 0 Å². The third-order valence-corrected chi connectivity index (χ3v) is 4.01. The Morgan fingerprint density at radius 1 is 1.16 bits per heavy atom. The molecule has 0 aliphatic carbocycles. The van der Waals surface area contributed by atoms with Crippen LogP contribution in [0.5, 0.6) is 11.5 Å². The van der Waals surface area contributed by atoms with Crippen molar-refractivity contribution < 1.29 is 18.7 Å². The first-order valence-corrected chi connectivity index (χ1v) is 8.15. The van der Waals surface area contributed by atoms with Gasteiger partial charge in [0, 0.05) is 0 Å². The van der Waals surface area contributed by atoms with Crippen LogP contribution in [0.4, 0.5) is 4.39 Å². The van der Waals surface area contributed by atoms with Gasteiger partial charge in [0.05, 0.1) is 13.2 Å². The number of ether oxygens (including phenoxy) is 2. The van der Waals surface area contributed by atoms with Crippen molar-refractivity contribution in [1.29, 1.82) is 0 Å². The van der Waals surface area contributed by atoms with Crippen LogP contribution in [0, 0.1) is 26.6 Å². The molecule has 0 unspecified atom stereocenters. The Morgan fingerprint density at radius 3 is 2.36 bits per heavy atom. The average Bonchev–Trinajstić information content (AvgIpc) is 2.53. The molecule has 0 saturated heterocycles. The van der Waals surface area contributed by atoms with E-state index in [1.165, 1.54) is 13.2 Å². The second-order valence-corrected chi connectivity index (χ2v) is 6.20. The number of benzene rings is 2. The monoisotopic (exact) mass is 345 g/mol. The molecule has 0 spiro atoms. The molecule has 2 aromatic carbocycles. The van der Waals surface area contributed by atoms with E-state index in [1.54, 1.807) is 19.1 Å². The summed E-state index contributed by atoms with van der Waals surface area (Å²) < 4.78 is 24.3. The number of amides is 1. The minimum atomic E-state index is -0.455. The normalized spacial score (nSPS) is 11.8. The molecule has 1 N–H and O–H groups in total. The smallest absolute Gasteiger partial charge is 0.258 e. The zero-order valence-electron chi connectivity index (χ0n) is 15.3. The molecular weight excluding hydrogens is 321 g/mol. The van der Waals surface area contributed by atoms with Gasteiger partial charge in [-0.1, -0.05) is 23.8 Å². The summed E-state index contributed by atoms with van der Waals surface area (Å²) in [6.45, 7) is 7.63. The average molecular weight is 345 g/mol. The lowest BCUT2D eigenvalue weighted by atomic mass is 10.1. The molecule has 1 atom stereocenters. The number of carbonyl (C=O) groups is 1. The van der Waals surface area contributed by atoms with E-state index in [-0.39, 0.29) is 24.3 Å². The third kappa shape index (κ3) is 4.72. The molecule has 25 heavy (non-hydrogen) atoms. The molecule has 0 aliphatic heterocycles. The minimum absolute atomic E-state index is 0.0896. The highest BCUT2D eigenvalue weighted by Crippen LogP contribution is 2.25. The van der Waals surface area contributed by atoms with Gasteiger partial charge in [0.15, 0.2) is 18.2 Å². The van der Waals surface area contributed by atoms with Crippen molar-refractivity contribution >= 4 is 5.91 Å². The fourth-order valence-corrected chi connectivity index (χ4v) is 2.85. The molecule has 5 heteroatoms. The molecule has 4 nitrogen and oxygen atoms in total. The largest absolute Gasteiger partial charge is 0.494 e. The van der Waals surface area contributed by atoms with Crippen LogP contribution in [0.15, 0.2) is 30.3 Å². The van der Waals surface area contributed by atoms with Crippen molar-refractivity contribution in [2.75, 3.05) is 13.7 Å². The van der Waals surface area contributed by atoms with Gasteiger partial charge in [0.25, 0.3) is 5.91 Å². The third-order valence-electron chi connectivity index (χ3n) is 4.01. The zero-order valence-corrected chi connectivity index (χ0v) is 15.3. The number of rotatable bonds is 6. The Labute approximate surface area is 148 Å². The van der Waals surface area contributed by atoms with Gasteiger partial charge in [-0.3, -0.25) is 4.79 Å². The topological polar surface area (TPSA) is 47.6 Å². The molecule has 0 aromatic heterocycles. The van der Waals surface area contributed by atoms with Gasteiger partial charge in [0.2, 0.25) is 0 Å². The van der Waals surface area contributed by atoms with E-state index in [0.29, 0.717) is 5.56 Å². The predicted octanol–water partition coefficient (Wildman–Crippen LogP) is 4.02. The van der Waals surface area contributed by atoms with E-state index in [9.17, 15) is 9.18 Å². The van der Waals surface area contributed by atoms with Crippen LogP contribution in [0.25, 0.3) is 0 Å². The minimum Gasteiger partial charge on any atom is -0.494 e. The van der Waals surface area contributed by atoms with Crippen LogP contribution in [0.2, 0.25) is 0 Å². The van der Waals surface area contributed by atoms with E-state index >= 15 is 0 Å². The lowest BCUT2D eigenvalue weighted by Crippen LogP contribution is -2.31. The van der Waals surface area contributed by atoms with Crippen LogP contribution in [-0.2, 0) is 4.79 Å². The number of nitrogens with one attached hydrogen (secondary N) is 1. The fraction of sp³-hybridized carbons (Fsp3) is 0.350. The van der Waals surface area contributed by atoms with Crippen LogP contribution in [-0.4, -0.2) is 19.6 Å². The first-order chi connectivity index (χ1) is 11.8. The summed E-state index contributed by atoms with van der Waals surface area (Å²) in [5, 5.41) is 2.81. The van der Waals surface area contributed by atoms with Crippen molar-refractivity contribution in [3.05, 3.63) is 58.4 Å². The summed E-state index contributed by atoms with van der Waals surface area (Å²) in [6.07, 6.45) is 0. The Bertz CT molecular complexity index is 751. The summed E-state index contributed by atoms with van der Waals surface area (Å²) in [4.78, 5) is 12.1. The Hall–Kier alpha value is -2.56. The molecule has 1 amide bonds. The molecular formula is C20H24FNO3. The van der Waals surface area contributed by atoms with Gasteiger partial charge in [-0.15, -0.1) is 0 Å². The lowest BCUT2D eigenvalue weighted by Gasteiger charge is -2.17. The Kier molecular flexibility index (Phi) is 6.02. The highest BCUT2D eigenvalue weighted by molar-refractivity contribution is 5.78. The Morgan fingerprint density at radius 2 is 1.80 bits per heavy atom. The van der Waals surface area contributed by atoms with Crippen LogP contribution >= 0.6 is 0 Å². The maximum absolute atomic E-state index is 13.8. The maximum atomic E-state index is 13.8. The first kappa shape index (κ1) is 18.8. The van der Waals surface area contributed by atoms with Gasteiger partial charge < -0.3 is 14.8 Å². The van der Waals surface area contributed by atoms with Crippen molar-refractivity contribution in [2.45, 2.75) is 33.7 Å². The van der Waals surface area contributed by atoms with E-state index in [1.807, 2.05) is 32.9 Å². The van der Waals surface area contributed by atoms with E-state index in [4.69, 9.17) is 9.47 Å². The molecule has 0 saturated carbocycles. The molecule has 2 rings (SSSR count). The summed E-state index contributed by atoms with van der Waals surface area (Å²) in [5.41, 5.74) is 3.81. The zero-order chi connectivity index (χ0) is 18.6. The van der Waals surface area contributed by atoms with Gasteiger partial charge in [0.1, 0.15) is 5.75 Å². The molecule has 0 fully saturated rings. The first-order valence-electron chi connectivity index (χ1n) is 8.15. The predicted molar refractivity (Wildman–Crippen MR) is 95.7 cm³/mol. The molecule has 134 valence electrons. The van der Waals surface area contributed by atoms with E-state index in [2.05, 4.69) is 5.32 Å². The molecule has 0 heterocycles. The van der Waals surface area contributed by atoms with Gasteiger partial charge >= 0.3 is 0 Å². The lowest BCUT2D eigenvalue weighted by molar-refractivity contribution is -0.123. The summed E-state index contributed by atoms with van der Waals surface area (Å²) in [5.74, 6) is 0.186. The van der Waals surface area contributed by atoms with Crippen molar-refractivity contribution in [2.24, 2.45) is 0 Å². The van der Waals surface area contributed by atoms with Gasteiger partial charge in [-0.2, -0.15) is 0 Å². The second-order valence-electron chi connectivity index (χ2n) is 6.20. The van der Waals surface area contributed by atoms with Crippen LogP contribution in [0.1, 0.15) is 35.2 Å². The van der Waals surface area contributed by atoms with Crippen LogP contribution < -0.4 is 14.8 Å². The standard InChI is InChI=1S/C20H24FNO3/c1-12-8-13(2)20(14(3)9-12)25-11-19(23)22-15(4)16-6-7-18(24-5)17(21)10-16/h6-10,15H,11H2,1-5H3,(H,22,23)/t15-/m1/s1. The molecule has 0 aliphatic rings. The van der Waals surface area contributed by atoms with E-state index in [0.717, 1.165) is 22.4 Å². The van der Waals surface area contributed by atoms with Crippen molar-refractivity contribution in [3.8, 4) is 11.5 Å². The highest BCUT2D eigenvalue weighted by atomic mass is 19.1. The van der Waals surface area contributed by atoms with E-state index < -0.39 is 5.82 Å². The summed E-state index contributed by atoms with van der Waals surface area (Å²) >= 11 is 0. The van der Waals surface area contributed by atoms with Gasteiger partial charge in [-0.05, 0) is 56.5 Å².